The molecule has 7 heteroatoms. The minimum atomic E-state index is 0.102. The first-order valence-corrected chi connectivity index (χ1v) is 8.58. The molecule has 2 N–H and O–H groups in total. The van der Waals surface area contributed by atoms with E-state index >= 15 is 0 Å². The van der Waals surface area contributed by atoms with Crippen molar-refractivity contribution in [2.45, 2.75) is 0 Å². The van der Waals surface area contributed by atoms with Crippen LogP contribution in [-0.4, -0.2) is 24.3 Å². The lowest BCUT2D eigenvalue weighted by atomic mass is 10.1. The van der Waals surface area contributed by atoms with E-state index in [-0.39, 0.29) is 5.88 Å². The van der Waals surface area contributed by atoms with Crippen molar-refractivity contribution in [2.24, 2.45) is 10.2 Å². The summed E-state index contributed by atoms with van der Waals surface area (Å²) in [4.78, 5) is 2.98. The van der Waals surface area contributed by atoms with Crippen LogP contribution in [0.2, 0.25) is 0 Å². The molecule has 0 spiro atoms. The lowest BCUT2D eigenvalue weighted by Crippen LogP contribution is -2.12. The predicted molar refractivity (Wildman–Crippen MR) is 104 cm³/mol. The molecule has 4 rings (SSSR count). The first-order valence-electron chi connectivity index (χ1n) is 7.50. The lowest BCUT2D eigenvalue weighted by Gasteiger charge is -2.02. The number of fused-ring (bicyclic) bond motifs is 2. The third-order valence-electron chi connectivity index (χ3n) is 4.11. The van der Waals surface area contributed by atoms with E-state index in [0.717, 1.165) is 36.5 Å². The van der Waals surface area contributed by atoms with Crippen LogP contribution in [0.25, 0.3) is 20.7 Å². The largest absolute Gasteiger partial charge is 0.497 e. The fraction of sp³-hybridized carbons (Fsp3) is 0.111. The molecule has 126 valence electrons. The highest BCUT2D eigenvalue weighted by Gasteiger charge is 2.13. The molecule has 2 heterocycles. The SMILES string of the molecule is COc1ccc2[nH]c(O)c(C=c3cc4c(c(OC)c3)=C(I)N=N4)c2c1. The van der Waals surface area contributed by atoms with Gasteiger partial charge in [0.05, 0.1) is 25.1 Å². The average molecular weight is 447 g/mol. The first kappa shape index (κ1) is 15.9. The zero-order chi connectivity index (χ0) is 17.6. The second-order valence-electron chi connectivity index (χ2n) is 5.55. The maximum atomic E-state index is 10.3. The summed E-state index contributed by atoms with van der Waals surface area (Å²) in [6, 6.07) is 9.44. The number of H-pyrrole nitrogens is 1. The van der Waals surface area contributed by atoms with Crippen LogP contribution >= 0.6 is 22.6 Å². The van der Waals surface area contributed by atoms with Crippen LogP contribution < -0.4 is 19.9 Å². The molecule has 0 atom stereocenters. The summed E-state index contributed by atoms with van der Waals surface area (Å²) in [6.45, 7) is 0. The van der Waals surface area contributed by atoms with Crippen molar-refractivity contribution >= 4 is 49.0 Å². The van der Waals surface area contributed by atoms with Gasteiger partial charge in [-0.2, -0.15) is 0 Å². The minimum Gasteiger partial charge on any atom is -0.497 e. The molecule has 0 radical (unpaired) electrons. The van der Waals surface area contributed by atoms with Crippen molar-refractivity contribution in [3.8, 4) is 17.4 Å². The normalized spacial score (nSPS) is 13.6. The number of aromatic nitrogens is 1. The van der Waals surface area contributed by atoms with Gasteiger partial charge in [-0.05, 0) is 64.2 Å². The molecule has 1 aromatic heterocycles. The second kappa shape index (κ2) is 6.07. The van der Waals surface area contributed by atoms with Gasteiger partial charge in [-0.25, -0.2) is 0 Å². The maximum absolute atomic E-state index is 10.3. The highest BCUT2D eigenvalue weighted by molar-refractivity contribution is 14.1. The van der Waals surface area contributed by atoms with Crippen LogP contribution in [0.4, 0.5) is 5.69 Å². The van der Waals surface area contributed by atoms with Gasteiger partial charge < -0.3 is 19.6 Å². The van der Waals surface area contributed by atoms with E-state index in [1.54, 1.807) is 14.2 Å². The van der Waals surface area contributed by atoms with Crippen LogP contribution in [-0.2, 0) is 0 Å². The molecule has 0 aliphatic carbocycles. The molecule has 0 fully saturated rings. The van der Waals surface area contributed by atoms with Crippen LogP contribution in [0.15, 0.2) is 40.6 Å². The Bertz CT molecular complexity index is 1150. The van der Waals surface area contributed by atoms with Gasteiger partial charge in [-0.15, -0.1) is 10.2 Å². The molecular formula is C18H14IN3O3. The number of benzene rings is 2. The Kier molecular flexibility index (Phi) is 3.87. The van der Waals surface area contributed by atoms with E-state index in [1.165, 1.54) is 0 Å². The summed E-state index contributed by atoms with van der Waals surface area (Å²) in [5.41, 5.74) is 2.27. The Balaban J connectivity index is 1.97. The zero-order valence-corrected chi connectivity index (χ0v) is 15.7. The fourth-order valence-corrected chi connectivity index (χ4v) is 3.57. The Labute approximate surface area is 156 Å². The highest BCUT2D eigenvalue weighted by atomic mass is 127. The number of ether oxygens (including phenoxy) is 2. The van der Waals surface area contributed by atoms with E-state index < -0.39 is 0 Å². The molecule has 0 saturated heterocycles. The fourth-order valence-electron chi connectivity index (χ4n) is 2.92. The molecule has 1 aliphatic heterocycles. The first-order chi connectivity index (χ1) is 12.1. The van der Waals surface area contributed by atoms with E-state index in [9.17, 15) is 5.11 Å². The molecule has 3 aromatic rings. The van der Waals surface area contributed by atoms with Gasteiger partial charge in [0.2, 0.25) is 0 Å². The van der Waals surface area contributed by atoms with E-state index in [2.05, 4.69) is 37.8 Å². The van der Waals surface area contributed by atoms with Crippen LogP contribution in [0.3, 0.4) is 0 Å². The number of aromatic amines is 1. The Morgan fingerprint density at radius 3 is 2.72 bits per heavy atom. The van der Waals surface area contributed by atoms with Gasteiger partial charge in [-0.1, -0.05) is 0 Å². The molecule has 0 bridgehead atoms. The molecule has 2 aromatic carbocycles. The summed E-state index contributed by atoms with van der Waals surface area (Å²) < 4.78 is 11.6. The van der Waals surface area contributed by atoms with Gasteiger partial charge in [-0.3, -0.25) is 0 Å². The highest BCUT2D eigenvalue weighted by Crippen LogP contribution is 2.31. The maximum Gasteiger partial charge on any atom is 0.196 e. The number of hydrogen-bond donors (Lipinski definition) is 2. The number of nitrogens with zero attached hydrogens (tertiary/aromatic N) is 2. The van der Waals surface area contributed by atoms with Gasteiger partial charge in [0.1, 0.15) is 15.2 Å². The smallest absolute Gasteiger partial charge is 0.196 e. The van der Waals surface area contributed by atoms with Gasteiger partial charge in [0, 0.05) is 16.5 Å². The Morgan fingerprint density at radius 1 is 1.12 bits per heavy atom. The molecule has 0 amide bonds. The summed E-state index contributed by atoms with van der Waals surface area (Å²) in [6.07, 6.45) is 1.89. The van der Waals surface area contributed by atoms with Gasteiger partial charge in [0.15, 0.2) is 5.88 Å². The Morgan fingerprint density at radius 2 is 1.96 bits per heavy atom. The standard InChI is InChI=1S/C18H14IN3O3/c1-24-10-3-4-13-11(8-10)12(18(23)20-13)5-9-6-14-16(15(7-9)25-2)17(19)22-21-14/h3-8,20,23H,1-2H3. The van der Waals surface area contributed by atoms with Gasteiger partial charge >= 0.3 is 0 Å². The minimum absolute atomic E-state index is 0.102. The van der Waals surface area contributed by atoms with E-state index in [0.29, 0.717) is 11.3 Å². The van der Waals surface area contributed by atoms with Crippen molar-refractivity contribution in [3.05, 3.63) is 46.3 Å². The summed E-state index contributed by atoms with van der Waals surface area (Å²) in [5, 5.41) is 21.2. The number of hydrogen-bond acceptors (Lipinski definition) is 5. The number of rotatable bonds is 3. The number of halogens is 1. The third kappa shape index (κ3) is 2.64. The lowest BCUT2D eigenvalue weighted by molar-refractivity contribution is 0.411. The Hall–Kier alpha value is -2.55. The topological polar surface area (TPSA) is 79.2 Å². The number of azo groups is 1. The molecule has 0 unspecified atom stereocenters. The van der Waals surface area contributed by atoms with Crippen molar-refractivity contribution in [1.82, 2.24) is 4.98 Å². The monoisotopic (exact) mass is 447 g/mol. The third-order valence-corrected chi connectivity index (χ3v) is 4.87. The van der Waals surface area contributed by atoms with E-state index in [1.807, 2.05) is 36.4 Å². The second-order valence-corrected chi connectivity index (χ2v) is 6.57. The molecule has 6 nitrogen and oxygen atoms in total. The van der Waals surface area contributed by atoms with Crippen LogP contribution in [0.5, 0.6) is 17.4 Å². The van der Waals surface area contributed by atoms with Gasteiger partial charge in [0.25, 0.3) is 0 Å². The van der Waals surface area contributed by atoms with Crippen LogP contribution in [0, 0.1) is 0 Å². The molecule has 0 saturated carbocycles. The molecule has 1 aliphatic rings. The summed E-state index contributed by atoms with van der Waals surface area (Å²) in [5.74, 6) is 1.53. The van der Waals surface area contributed by atoms with Crippen LogP contribution in [0.1, 0.15) is 5.56 Å². The molecule has 25 heavy (non-hydrogen) atoms. The zero-order valence-electron chi connectivity index (χ0n) is 13.5. The van der Waals surface area contributed by atoms with Crippen molar-refractivity contribution in [3.63, 3.8) is 0 Å². The van der Waals surface area contributed by atoms with Crippen molar-refractivity contribution < 1.29 is 14.6 Å². The predicted octanol–water partition coefficient (Wildman–Crippen LogP) is 3.32. The number of methoxy groups -OCH3 is 2. The summed E-state index contributed by atoms with van der Waals surface area (Å²) >= 11 is 2.14. The van der Waals surface area contributed by atoms with Crippen molar-refractivity contribution in [1.29, 1.82) is 0 Å². The van der Waals surface area contributed by atoms with E-state index in [4.69, 9.17) is 9.47 Å². The molecular weight excluding hydrogens is 433 g/mol. The number of aromatic hydroxyl groups is 1. The average Bonchev–Trinajstić information content (AvgIpc) is 3.14. The summed E-state index contributed by atoms with van der Waals surface area (Å²) in [7, 11) is 3.24. The van der Waals surface area contributed by atoms with Crippen molar-refractivity contribution in [2.75, 3.05) is 14.2 Å². The quantitative estimate of drug-likeness (QED) is 0.478. The number of nitrogens with one attached hydrogen (secondary N) is 1.